The van der Waals surface area contributed by atoms with Gasteiger partial charge in [-0.1, -0.05) is 6.07 Å². The number of rotatable bonds is 3. The summed E-state index contributed by atoms with van der Waals surface area (Å²) in [6.45, 7) is 3.80. The molecule has 2 aromatic rings. The van der Waals surface area contributed by atoms with E-state index in [-0.39, 0.29) is 17.4 Å². The van der Waals surface area contributed by atoms with E-state index in [1.807, 2.05) is 22.4 Å². The normalized spacial score (nSPS) is 27.2. The van der Waals surface area contributed by atoms with Gasteiger partial charge in [-0.15, -0.1) is 21.5 Å². The molecule has 0 aliphatic carbocycles. The zero-order valence-electron chi connectivity index (χ0n) is 13.0. The van der Waals surface area contributed by atoms with Crippen LogP contribution in [0.1, 0.15) is 29.5 Å². The van der Waals surface area contributed by atoms with E-state index in [0.717, 1.165) is 24.3 Å². The van der Waals surface area contributed by atoms with E-state index >= 15 is 0 Å². The monoisotopic (exact) mass is 333 g/mol. The number of hydrogen-bond donors (Lipinski definition) is 0. The van der Waals surface area contributed by atoms with E-state index in [0.29, 0.717) is 31.4 Å². The second kappa shape index (κ2) is 5.72. The van der Waals surface area contributed by atoms with E-state index < -0.39 is 0 Å². The number of hydrogen-bond acceptors (Lipinski definition) is 6. The number of aromatic nitrogens is 2. The maximum Gasteiger partial charge on any atom is 0.227 e. The van der Waals surface area contributed by atoms with Crippen molar-refractivity contribution in [2.45, 2.75) is 37.7 Å². The lowest BCUT2D eigenvalue weighted by Crippen LogP contribution is -2.54. The Morgan fingerprint density at radius 3 is 3.17 bits per heavy atom. The fraction of sp³-hybridized carbons (Fsp3) is 0.562. The lowest BCUT2D eigenvalue weighted by atomic mass is 9.76. The summed E-state index contributed by atoms with van der Waals surface area (Å²) in [7, 11) is 0. The van der Waals surface area contributed by atoms with Crippen LogP contribution in [-0.2, 0) is 21.4 Å². The molecule has 0 unspecified atom stereocenters. The number of carbonyl (C=O) groups excluding carboxylic acids is 1. The number of thiophene rings is 1. The number of piperidine rings is 1. The minimum absolute atomic E-state index is 0.0631. The van der Waals surface area contributed by atoms with Gasteiger partial charge in [-0.25, -0.2) is 0 Å². The summed E-state index contributed by atoms with van der Waals surface area (Å²) < 4.78 is 11.6. The minimum atomic E-state index is -0.343. The molecule has 0 N–H and O–H groups in total. The molecule has 23 heavy (non-hydrogen) atoms. The Balaban J connectivity index is 1.57. The van der Waals surface area contributed by atoms with Crippen LogP contribution in [-0.4, -0.2) is 46.8 Å². The van der Waals surface area contributed by atoms with Crippen LogP contribution in [0.3, 0.4) is 0 Å². The molecule has 2 aliphatic rings. The summed E-state index contributed by atoms with van der Waals surface area (Å²) in [5, 5.41) is 10.2. The summed E-state index contributed by atoms with van der Waals surface area (Å²) in [6.07, 6.45) is 2.16. The molecule has 0 saturated carbocycles. The Kier molecular flexibility index (Phi) is 3.69. The molecule has 0 bridgehead atoms. The second-order valence-corrected chi connectivity index (χ2v) is 7.28. The number of nitrogens with zero attached hydrogens (tertiary/aromatic N) is 3. The van der Waals surface area contributed by atoms with Gasteiger partial charge in [-0.3, -0.25) is 4.79 Å². The SMILES string of the molecule is Cc1nnc([C@@]23CCO[C@@H]2CCN(C(=O)Cc2cccs2)C3)o1. The standard InChI is InChI=1S/C16H19N3O3S/c1-11-17-18-15(22-11)16-5-7-21-13(16)4-6-19(10-16)14(20)9-12-3-2-8-23-12/h2-3,8,13H,4-7,9-10H2,1H3/t13-,16-/m1/s1. The minimum Gasteiger partial charge on any atom is -0.425 e. The molecule has 2 aromatic heterocycles. The van der Waals surface area contributed by atoms with E-state index in [4.69, 9.17) is 9.15 Å². The van der Waals surface area contributed by atoms with Gasteiger partial charge < -0.3 is 14.1 Å². The molecule has 0 radical (unpaired) electrons. The van der Waals surface area contributed by atoms with Gasteiger partial charge in [-0.05, 0) is 24.3 Å². The van der Waals surface area contributed by atoms with Crippen LogP contribution >= 0.6 is 11.3 Å². The third-order valence-electron chi connectivity index (χ3n) is 4.83. The van der Waals surface area contributed by atoms with Gasteiger partial charge in [0.15, 0.2) is 0 Å². The summed E-state index contributed by atoms with van der Waals surface area (Å²) in [5.74, 6) is 1.33. The molecule has 0 spiro atoms. The third kappa shape index (κ3) is 2.57. The Labute approximate surface area is 138 Å². The molecule has 2 atom stereocenters. The molecule has 1 amide bonds. The molecule has 122 valence electrons. The van der Waals surface area contributed by atoms with E-state index in [1.165, 1.54) is 0 Å². The first kappa shape index (κ1) is 14.8. The van der Waals surface area contributed by atoms with Crippen molar-refractivity contribution in [3.05, 3.63) is 34.2 Å². The van der Waals surface area contributed by atoms with Crippen LogP contribution in [0.25, 0.3) is 0 Å². The Morgan fingerprint density at radius 1 is 1.52 bits per heavy atom. The molecule has 6 nitrogen and oxygen atoms in total. The predicted molar refractivity (Wildman–Crippen MR) is 84.3 cm³/mol. The van der Waals surface area contributed by atoms with Crippen LogP contribution in [0.2, 0.25) is 0 Å². The smallest absolute Gasteiger partial charge is 0.227 e. The van der Waals surface area contributed by atoms with Gasteiger partial charge in [-0.2, -0.15) is 0 Å². The Hall–Kier alpha value is -1.73. The molecular weight excluding hydrogens is 314 g/mol. The average Bonchev–Trinajstić information content (AvgIpc) is 3.26. The molecule has 2 fully saturated rings. The summed E-state index contributed by atoms with van der Waals surface area (Å²) in [6, 6.07) is 3.98. The van der Waals surface area contributed by atoms with Crippen molar-refractivity contribution in [3.63, 3.8) is 0 Å². The van der Waals surface area contributed by atoms with E-state index in [2.05, 4.69) is 10.2 Å². The number of fused-ring (bicyclic) bond motifs is 1. The van der Waals surface area contributed by atoms with Gasteiger partial charge >= 0.3 is 0 Å². The Morgan fingerprint density at radius 2 is 2.43 bits per heavy atom. The van der Waals surface area contributed by atoms with Crippen molar-refractivity contribution in [2.75, 3.05) is 19.7 Å². The molecule has 4 heterocycles. The van der Waals surface area contributed by atoms with Crippen molar-refractivity contribution >= 4 is 17.2 Å². The number of carbonyl (C=O) groups is 1. The van der Waals surface area contributed by atoms with Gasteiger partial charge in [0.2, 0.25) is 17.7 Å². The first-order valence-electron chi connectivity index (χ1n) is 7.90. The average molecular weight is 333 g/mol. The highest BCUT2D eigenvalue weighted by atomic mass is 32.1. The van der Waals surface area contributed by atoms with Gasteiger partial charge in [0.05, 0.1) is 17.9 Å². The van der Waals surface area contributed by atoms with Crippen molar-refractivity contribution < 1.29 is 13.9 Å². The van der Waals surface area contributed by atoms with E-state index in [1.54, 1.807) is 18.3 Å². The zero-order valence-corrected chi connectivity index (χ0v) is 13.8. The van der Waals surface area contributed by atoms with Gasteiger partial charge in [0, 0.05) is 31.5 Å². The fourth-order valence-electron chi connectivity index (χ4n) is 3.63. The molecule has 0 aromatic carbocycles. The number of amides is 1. The third-order valence-corrected chi connectivity index (χ3v) is 5.70. The highest BCUT2D eigenvalue weighted by Gasteiger charge is 2.53. The highest BCUT2D eigenvalue weighted by molar-refractivity contribution is 7.10. The molecular formula is C16H19N3O3S. The lowest BCUT2D eigenvalue weighted by molar-refractivity contribution is -0.134. The molecule has 4 rings (SSSR count). The van der Waals surface area contributed by atoms with Crippen LogP contribution in [0, 0.1) is 6.92 Å². The van der Waals surface area contributed by atoms with Crippen LogP contribution in [0.15, 0.2) is 21.9 Å². The number of aryl methyl sites for hydroxylation is 1. The van der Waals surface area contributed by atoms with Crippen molar-refractivity contribution in [1.29, 1.82) is 0 Å². The molecule has 7 heteroatoms. The fourth-order valence-corrected chi connectivity index (χ4v) is 4.33. The molecule has 2 aliphatic heterocycles. The highest BCUT2D eigenvalue weighted by Crippen LogP contribution is 2.43. The van der Waals surface area contributed by atoms with Crippen LogP contribution < -0.4 is 0 Å². The van der Waals surface area contributed by atoms with Gasteiger partial charge in [0.25, 0.3) is 0 Å². The topological polar surface area (TPSA) is 68.5 Å². The first-order valence-corrected chi connectivity index (χ1v) is 8.78. The van der Waals surface area contributed by atoms with Crippen LogP contribution in [0.5, 0.6) is 0 Å². The van der Waals surface area contributed by atoms with Crippen LogP contribution in [0.4, 0.5) is 0 Å². The predicted octanol–water partition coefficient (Wildman–Crippen LogP) is 1.94. The molecule has 2 saturated heterocycles. The maximum atomic E-state index is 12.7. The Bertz CT molecular complexity index is 699. The summed E-state index contributed by atoms with van der Waals surface area (Å²) in [5.41, 5.74) is -0.343. The first-order chi connectivity index (χ1) is 11.2. The second-order valence-electron chi connectivity index (χ2n) is 6.25. The van der Waals surface area contributed by atoms with Crippen molar-refractivity contribution in [1.82, 2.24) is 15.1 Å². The summed E-state index contributed by atoms with van der Waals surface area (Å²) in [4.78, 5) is 15.7. The zero-order chi connectivity index (χ0) is 15.9. The van der Waals surface area contributed by atoms with E-state index in [9.17, 15) is 4.79 Å². The quantitative estimate of drug-likeness (QED) is 0.859. The van der Waals surface area contributed by atoms with Crippen molar-refractivity contribution in [2.24, 2.45) is 0 Å². The number of likely N-dealkylation sites (tertiary alicyclic amines) is 1. The van der Waals surface area contributed by atoms with Crippen molar-refractivity contribution in [3.8, 4) is 0 Å². The lowest BCUT2D eigenvalue weighted by Gasteiger charge is -2.41. The van der Waals surface area contributed by atoms with Gasteiger partial charge in [0.1, 0.15) is 0 Å². The number of ether oxygens (including phenoxy) is 1. The maximum absolute atomic E-state index is 12.7. The summed E-state index contributed by atoms with van der Waals surface area (Å²) >= 11 is 1.62. The largest absolute Gasteiger partial charge is 0.425 e.